The zero-order valence-corrected chi connectivity index (χ0v) is 14.1. The topological polar surface area (TPSA) is 21.3 Å². The molecule has 1 N–H and O–H groups in total. The molecule has 2 nitrogen and oxygen atoms in total. The molecule has 118 valence electrons. The van der Waals surface area contributed by atoms with Gasteiger partial charge in [-0.15, -0.1) is 0 Å². The van der Waals surface area contributed by atoms with Crippen LogP contribution in [0.1, 0.15) is 64.1 Å². The van der Waals surface area contributed by atoms with Crippen molar-refractivity contribution in [1.29, 1.82) is 0 Å². The minimum Gasteiger partial charge on any atom is -0.381 e. The molecule has 0 radical (unpaired) electrons. The van der Waals surface area contributed by atoms with Gasteiger partial charge in [0.05, 0.1) is 6.61 Å². The van der Waals surface area contributed by atoms with Gasteiger partial charge in [-0.3, -0.25) is 0 Å². The van der Waals surface area contributed by atoms with Crippen LogP contribution in [0, 0.1) is 5.92 Å². The van der Waals surface area contributed by atoms with E-state index in [1.165, 1.54) is 30.4 Å². The van der Waals surface area contributed by atoms with Crippen LogP contribution in [-0.2, 0) is 10.2 Å². The van der Waals surface area contributed by atoms with E-state index in [0.29, 0.717) is 12.0 Å². The van der Waals surface area contributed by atoms with Crippen molar-refractivity contribution in [3.05, 3.63) is 35.4 Å². The second-order valence-corrected chi connectivity index (χ2v) is 7.28. The predicted molar refractivity (Wildman–Crippen MR) is 89.7 cm³/mol. The summed E-state index contributed by atoms with van der Waals surface area (Å²) >= 11 is 0. The van der Waals surface area contributed by atoms with Crippen LogP contribution in [0.5, 0.6) is 0 Å². The van der Waals surface area contributed by atoms with Gasteiger partial charge in [0.1, 0.15) is 0 Å². The molecule has 2 heteroatoms. The third kappa shape index (κ3) is 4.55. The molecule has 2 unspecified atom stereocenters. The van der Waals surface area contributed by atoms with Gasteiger partial charge in [-0.25, -0.2) is 0 Å². The quantitative estimate of drug-likeness (QED) is 0.864. The molecule has 2 atom stereocenters. The summed E-state index contributed by atoms with van der Waals surface area (Å²) in [6, 6.07) is 9.63. The van der Waals surface area contributed by atoms with E-state index in [1.54, 1.807) is 0 Å². The van der Waals surface area contributed by atoms with Crippen molar-refractivity contribution in [2.75, 3.05) is 19.8 Å². The number of hydrogen-bond acceptors (Lipinski definition) is 2. The van der Waals surface area contributed by atoms with Crippen LogP contribution in [-0.4, -0.2) is 19.8 Å². The van der Waals surface area contributed by atoms with Crippen molar-refractivity contribution >= 4 is 0 Å². The van der Waals surface area contributed by atoms with Crippen molar-refractivity contribution in [2.24, 2.45) is 5.92 Å². The highest BCUT2D eigenvalue weighted by Gasteiger charge is 2.25. The first-order valence-electron chi connectivity index (χ1n) is 8.44. The Balaban J connectivity index is 2.15. The maximum Gasteiger partial charge on any atom is 0.0512 e. The molecule has 1 aromatic carbocycles. The van der Waals surface area contributed by atoms with Crippen molar-refractivity contribution in [2.45, 2.75) is 58.4 Å². The van der Waals surface area contributed by atoms with Gasteiger partial charge in [0.15, 0.2) is 0 Å². The molecule has 0 bridgehead atoms. The smallest absolute Gasteiger partial charge is 0.0512 e. The molecule has 1 heterocycles. The number of hydrogen-bond donors (Lipinski definition) is 1. The largest absolute Gasteiger partial charge is 0.381 e. The maximum absolute atomic E-state index is 5.70. The number of benzene rings is 1. The first-order chi connectivity index (χ1) is 10.0. The van der Waals surface area contributed by atoms with E-state index < -0.39 is 0 Å². The van der Waals surface area contributed by atoms with Crippen LogP contribution in [0.4, 0.5) is 0 Å². The highest BCUT2D eigenvalue weighted by molar-refractivity contribution is 5.29. The fourth-order valence-corrected chi connectivity index (χ4v) is 3.08. The molecule has 21 heavy (non-hydrogen) atoms. The first-order valence-corrected chi connectivity index (χ1v) is 8.44. The fourth-order valence-electron chi connectivity index (χ4n) is 3.08. The van der Waals surface area contributed by atoms with Crippen LogP contribution in [0.25, 0.3) is 0 Å². The van der Waals surface area contributed by atoms with E-state index in [9.17, 15) is 0 Å². The standard InChI is InChI=1S/C19H31NO/c1-5-12-20-18(16-7-6-13-21-14-16)15-8-10-17(11-9-15)19(2,3)4/h8-11,16,18,20H,5-7,12-14H2,1-4H3. The predicted octanol–water partition coefficient (Wildman–Crippen LogP) is 4.45. The lowest BCUT2D eigenvalue weighted by molar-refractivity contribution is 0.0390. The molecule has 1 aliphatic heterocycles. The lowest BCUT2D eigenvalue weighted by Crippen LogP contribution is -2.34. The van der Waals surface area contributed by atoms with Crippen molar-refractivity contribution in [3.63, 3.8) is 0 Å². The van der Waals surface area contributed by atoms with E-state index in [4.69, 9.17) is 4.74 Å². The number of nitrogens with one attached hydrogen (secondary N) is 1. The Hall–Kier alpha value is -0.860. The lowest BCUT2D eigenvalue weighted by atomic mass is 9.84. The third-order valence-corrected chi connectivity index (χ3v) is 4.42. The summed E-state index contributed by atoms with van der Waals surface area (Å²) in [6.45, 7) is 11.9. The molecule has 0 amide bonds. The average Bonchev–Trinajstić information content (AvgIpc) is 2.48. The first kappa shape index (κ1) is 16.5. The fraction of sp³-hybridized carbons (Fsp3) is 0.684. The lowest BCUT2D eigenvalue weighted by Gasteiger charge is -2.32. The monoisotopic (exact) mass is 289 g/mol. The summed E-state index contributed by atoms with van der Waals surface area (Å²) in [5.74, 6) is 0.603. The minimum absolute atomic E-state index is 0.221. The Labute approximate surface area is 130 Å². The summed E-state index contributed by atoms with van der Waals surface area (Å²) < 4.78 is 5.70. The normalized spacial score (nSPS) is 21.2. The molecule has 0 spiro atoms. The zero-order chi connectivity index (χ0) is 15.3. The summed E-state index contributed by atoms with van der Waals surface area (Å²) in [4.78, 5) is 0. The summed E-state index contributed by atoms with van der Waals surface area (Å²) in [5.41, 5.74) is 3.03. The van der Waals surface area contributed by atoms with Gasteiger partial charge in [0.25, 0.3) is 0 Å². The summed E-state index contributed by atoms with van der Waals surface area (Å²) in [7, 11) is 0. The van der Waals surface area contributed by atoms with E-state index in [2.05, 4.69) is 57.3 Å². The molecule has 1 saturated heterocycles. The van der Waals surface area contributed by atoms with Crippen molar-refractivity contribution in [3.8, 4) is 0 Å². The van der Waals surface area contributed by atoms with Crippen LogP contribution in [0.2, 0.25) is 0 Å². The number of ether oxygens (including phenoxy) is 1. The Morgan fingerprint density at radius 3 is 2.48 bits per heavy atom. The number of rotatable bonds is 5. The molecular formula is C19H31NO. The van der Waals surface area contributed by atoms with Gasteiger partial charge >= 0.3 is 0 Å². The Bertz CT molecular complexity index is 412. The zero-order valence-electron chi connectivity index (χ0n) is 14.1. The molecule has 0 saturated carbocycles. The van der Waals surface area contributed by atoms with E-state index in [-0.39, 0.29) is 5.41 Å². The minimum atomic E-state index is 0.221. The van der Waals surface area contributed by atoms with Gasteiger partial charge in [-0.05, 0) is 42.3 Å². The van der Waals surface area contributed by atoms with Crippen molar-refractivity contribution in [1.82, 2.24) is 5.32 Å². The highest BCUT2D eigenvalue weighted by atomic mass is 16.5. The van der Waals surface area contributed by atoms with Crippen LogP contribution in [0.15, 0.2) is 24.3 Å². The maximum atomic E-state index is 5.70. The third-order valence-electron chi connectivity index (χ3n) is 4.42. The Kier molecular flexibility index (Phi) is 5.83. The molecule has 2 rings (SSSR count). The van der Waals surface area contributed by atoms with E-state index >= 15 is 0 Å². The van der Waals surface area contributed by atoms with Gasteiger partial charge in [0.2, 0.25) is 0 Å². The second-order valence-electron chi connectivity index (χ2n) is 7.28. The highest BCUT2D eigenvalue weighted by Crippen LogP contribution is 2.30. The van der Waals surface area contributed by atoms with Gasteiger partial charge < -0.3 is 10.1 Å². The molecule has 1 aromatic rings. The molecule has 0 aromatic heterocycles. The van der Waals surface area contributed by atoms with Crippen LogP contribution < -0.4 is 5.32 Å². The van der Waals surface area contributed by atoms with Gasteiger partial charge in [-0.2, -0.15) is 0 Å². The summed E-state index contributed by atoms with van der Waals surface area (Å²) in [5, 5.41) is 3.73. The molecule has 1 fully saturated rings. The Morgan fingerprint density at radius 1 is 1.24 bits per heavy atom. The summed E-state index contributed by atoms with van der Waals surface area (Å²) in [6.07, 6.45) is 3.63. The molecule has 0 aliphatic carbocycles. The van der Waals surface area contributed by atoms with Crippen LogP contribution in [0.3, 0.4) is 0 Å². The average molecular weight is 289 g/mol. The molecular weight excluding hydrogens is 258 g/mol. The Morgan fingerprint density at radius 2 is 1.95 bits per heavy atom. The van der Waals surface area contributed by atoms with E-state index in [1.807, 2.05) is 0 Å². The van der Waals surface area contributed by atoms with Crippen LogP contribution >= 0.6 is 0 Å². The SMILES string of the molecule is CCCNC(c1ccc(C(C)(C)C)cc1)C1CCCOC1. The second kappa shape index (κ2) is 7.42. The van der Waals surface area contributed by atoms with Gasteiger partial charge in [-0.1, -0.05) is 52.0 Å². The molecule has 1 aliphatic rings. The van der Waals surface area contributed by atoms with Crippen molar-refractivity contribution < 1.29 is 4.74 Å². The van der Waals surface area contributed by atoms with E-state index in [0.717, 1.165) is 19.8 Å². The van der Waals surface area contributed by atoms with Gasteiger partial charge in [0, 0.05) is 18.6 Å².